The molecule has 4 rings (SSSR count). The maximum atomic E-state index is 14.6. The molecule has 7 heteroatoms. The third-order valence-electron chi connectivity index (χ3n) is 6.38. The lowest BCUT2D eigenvalue weighted by molar-refractivity contribution is -0.145. The van der Waals surface area contributed by atoms with Gasteiger partial charge >= 0.3 is 0 Å². The fourth-order valence-corrected chi connectivity index (χ4v) is 6.21. The van der Waals surface area contributed by atoms with Crippen LogP contribution >= 0.6 is 22.9 Å². The van der Waals surface area contributed by atoms with E-state index in [0.717, 1.165) is 46.2 Å². The summed E-state index contributed by atoms with van der Waals surface area (Å²) >= 11 is 7.90. The number of hydrogen-bond acceptors (Lipinski definition) is 3. The van der Waals surface area contributed by atoms with Gasteiger partial charge in [-0.1, -0.05) is 37.4 Å². The van der Waals surface area contributed by atoms with Crippen LogP contribution in [0.25, 0.3) is 10.1 Å². The predicted octanol–water partition coefficient (Wildman–Crippen LogP) is 6.49. The van der Waals surface area contributed by atoms with E-state index in [9.17, 15) is 14.0 Å². The highest BCUT2D eigenvalue weighted by Gasteiger charge is 2.41. The molecule has 1 fully saturated rings. The summed E-state index contributed by atoms with van der Waals surface area (Å²) < 4.78 is 15.5. The van der Waals surface area contributed by atoms with Gasteiger partial charge in [0, 0.05) is 44.1 Å². The topological polar surface area (TPSA) is 49.4 Å². The van der Waals surface area contributed by atoms with Crippen molar-refractivity contribution >= 4 is 44.8 Å². The van der Waals surface area contributed by atoms with Crippen LogP contribution in [0.2, 0.25) is 5.02 Å². The molecule has 1 saturated carbocycles. The summed E-state index contributed by atoms with van der Waals surface area (Å²) in [6.45, 7) is 5.60. The molecule has 2 aromatic rings. The van der Waals surface area contributed by atoms with Gasteiger partial charge in [-0.15, -0.1) is 11.3 Å². The zero-order valence-electron chi connectivity index (χ0n) is 19.2. The van der Waals surface area contributed by atoms with Crippen molar-refractivity contribution < 1.29 is 14.0 Å². The molecular formula is C26H30ClFN2O2S. The highest BCUT2D eigenvalue weighted by molar-refractivity contribution is 7.19. The molecule has 0 radical (unpaired) electrons. The molecular weight excluding hydrogens is 459 g/mol. The van der Waals surface area contributed by atoms with E-state index in [1.165, 1.54) is 23.5 Å². The van der Waals surface area contributed by atoms with E-state index in [-0.39, 0.29) is 29.7 Å². The van der Waals surface area contributed by atoms with Gasteiger partial charge in [0.25, 0.3) is 0 Å². The molecule has 176 valence electrons. The minimum Gasteiger partial charge on any atom is -0.352 e. The Hall–Kier alpha value is -2.18. The van der Waals surface area contributed by atoms with Gasteiger partial charge in [0.05, 0.1) is 5.92 Å². The number of rotatable bonds is 3. The summed E-state index contributed by atoms with van der Waals surface area (Å²) in [4.78, 5) is 30.3. The number of halogens is 2. The van der Waals surface area contributed by atoms with Gasteiger partial charge in [0.2, 0.25) is 11.8 Å². The van der Waals surface area contributed by atoms with Crippen LogP contribution in [-0.4, -0.2) is 28.8 Å². The van der Waals surface area contributed by atoms with E-state index in [2.05, 4.69) is 5.32 Å². The average molecular weight is 489 g/mol. The quantitative estimate of drug-likeness (QED) is 0.536. The molecule has 0 saturated heterocycles. The second kappa shape index (κ2) is 9.98. The lowest BCUT2D eigenvalue weighted by Crippen LogP contribution is -2.50. The fourth-order valence-electron chi connectivity index (χ4n) is 4.86. The molecule has 2 atom stereocenters. The molecule has 33 heavy (non-hydrogen) atoms. The first-order valence-corrected chi connectivity index (χ1v) is 12.8. The molecule has 0 spiro atoms. The van der Waals surface area contributed by atoms with Crippen LogP contribution in [0.3, 0.4) is 0 Å². The van der Waals surface area contributed by atoms with Gasteiger partial charge in [0.15, 0.2) is 0 Å². The van der Waals surface area contributed by atoms with Crippen LogP contribution in [0.1, 0.15) is 62.9 Å². The normalized spacial score (nSPS) is 25.0. The largest absolute Gasteiger partial charge is 0.352 e. The Kier molecular flexibility index (Phi) is 7.25. The Morgan fingerprint density at radius 2 is 2.00 bits per heavy atom. The van der Waals surface area contributed by atoms with Crippen LogP contribution in [0.15, 0.2) is 42.3 Å². The Morgan fingerprint density at radius 1 is 1.27 bits per heavy atom. The van der Waals surface area contributed by atoms with Crippen LogP contribution in [0.4, 0.5) is 4.39 Å². The second-order valence-electron chi connectivity index (χ2n) is 9.27. The Labute approximate surface area is 203 Å². The zero-order chi connectivity index (χ0) is 23.7. The summed E-state index contributed by atoms with van der Waals surface area (Å²) in [5.41, 5.74) is 0.772. The highest BCUT2D eigenvalue weighted by atomic mass is 35.5. The molecule has 2 unspecified atom stereocenters. The molecule has 0 bridgehead atoms. The van der Waals surface area contributed by atoms with Crippen molar-refractivity contribution in [1.82, 2.24) is 10.2 Å². The number of amides is 2. The second-order valence-corrected chi connectivity index (χ2v) is 10.8. The van der Waals surface area contributed by atoms with Crippen molar-refractivity contribution in [2.45, 2.75) is 71.0 Å². The number of thiophene rings is 1. The van der Waals surface area contributed by atoms with Crippen molar-refractivity contribution in [1.29, 1.82) is 0 Å². The molecule has 4 nitrogen and oxygen atoms in total. The summed E-state index contributed by atoms with van der Waals surface area (Å²) in [5, 5.41) is 4.47. The maximum absolute atomic E-state index is 14.6. The van der Waals surface area contributed by atoms with Crippen LogP contribution in [-0.2, 0) is 16.0 Å². The lowest BCUT2D eigenvalue weighted by Gasteiger charge is -2.38. The molecule has 1 aliphatic heterocycles. The number of carbonyl (C=O) groups excluding carboxylic acids is 2. The number of fused-ring (bicyclic) bond motifs is 3. The smallest absolute Gasteiger partial charge is 0.247 e. The van der Waals surface area contributed by atoms with Crippen molar-refractivity contribution in [3.63, 3.8) is 0 Å². The number of hydrogen-bond donors (Lipinski definition) is 1. The van der Waals surface area contributed by atoms with Gasteiger partial charge in [-0.25, -0.2) is 4.39 Å². The van der Waals surface area contributed by atoms with Crippen molar-refractivity contribution in [2.24, 2.45) is 5.92 Å². The van der Waals surface area contributed by atoms with Crippen LogP contribution < -0.4 is 5.32 Å². The van der Waals surface area contributed by atoms with E-state index >= 15 is 0 Å². The molecule has 1 aromatic carbocycles. The SMILES string of the molecule is CC(C)NC(=O)C1c2c(sc3ccc(Cl)cc23)C/C=C(F)\C=C/C(C)C(=O)N1C1CCCC1. The third kappa shape index (κ3) is 5.02. The molecule has 2 heterocycles. The van der Waals surface area contributed by atoms with Crippen molar-refractivity contribution in [3.8, 4) is 0 Å². The van der Waals surface area contributed by atoms with E-state index in [1.54, 1.807) is 17.9 Å². The van der Waals surface area contributed by atoms with Crippen LogP contribution in [0.5, 0.6) is 0 Å². The lowest BCUT2D eigenvalue weighted by atomic mass is 9.95. The van der Waals surface area contributed by atoms with Crippen LogP contribution in [0, 0.1) is 5.92 Å². The van der Waals surface area contributed by atoms with E-state index in [4.69, 9.17) is 11.6 Å². The number of carbonyl (C=O) groups is 2. The molecule has 2 aliphatic rings. The van der Waals surface area contributed by atoms with Gasteiger partial charge in [-0.3, -0.25) is 9.59 Å². The maximum Gasteiger partial charge on any atom is 0.247 e. The Balaban J connectivity index is 2.00. The van der Waals surface area contributed by atoms with Gasteiger partial charge in [0.1, 0.15) is 11.9 Å². The Bertz CT molecular complexity index is 1120. The van der Waals surface area contributed by atoms with Gasteiger partial charge in [-0.05, 0) is 57.0 Å². The number of nitrogens with zero attached hydrogens (tertiary/aromatic N) is 1. The molecule has 2 amide bonds. The minimum absolute atomic E-state index is 0.0307. The first-order valence-electron chi connectivity index (χ1n) is 11.6. The van der Waals surface area contributed by atoms with Gasteiger partial charge < -0.3 is 10.2 Å². The van der Waals surface area contributed by atoms with Crippen molar-refractivity contribution in [3.05, 3.63) is 57.7 Å². The number of nitrogens with one attached hydrogen (secondary N) is 1. The van der Waals surface area contributed by atoms with E-state index < -0.39 is 12.0 Å². The van der Waals surface area contributed by atoms with Crippen molar-refractivity contribution in [2.75, 3.05) is 0 Å². The summed E-state index contributed by atoms with van der Waals surface area (Å²) in [7, 11) is 0. The Morgan fingerprint density at radius 3 is 2.70 bits per heavy atom. The average Bonchev–Trinajstić information content (AvgIpc) is 3.40. The highest BCUT2D eigenvalue weighted by Crippen LogP contribution is 2.43. The summed E-state index contributed by atoms with van der Waals surface area (Å²) in [6.07, 6.45) is 8.60. The first-order chi connectivity index (χ1) is 15.8. The molecule has 1 aromatic heterocycles. The molecule has 1 aliphatic carbocycles. The van der Waals surface area contributed by atoms with Gasteiger partial charge in [-0.2, -0.15) is 0 Å². The first kappa shape index (κ1) is 24.0. The summed E-state index contributed by atoms with van der Waals surface area (Å²) in [5.74, 6) is -1.28. The number of allylic oxidation sites excluding steroid dienone is 3. The zero-order valence-corrected chi connectivity index (χ0v) is 20.8. The summed E-state index contributed by atoms with van der Waals surface area (Å²) in [6, 6.07) is 4.71. The fraction of sp³-hybridized carbons (Fsp3) is 0.462. The standard InChI is InChI=1S/C26H30ClFN2O2S/c1-15(2)29-25(31)24-23-20-14-17(27)9-12-21(20)33-22(23)13-11-18(28)10-8-16(3)26(32)30(24)19-6-4-5-7-19/h8-12,14-16,19,24H,4-7,13H2,1-3H3,(H,29,31)/b10-8-,18-11+. The minimum atomic E-state index is -0.796. The van der Waals surface area contributed by atoms with E-state index in [0.29, 0.717) is 11.4 Å². The predicted molar refractivity (Wildman–Crippen MR) is 133 cm³/mol. The van der Waals surface area contributed by atoms with E-state index in [1.807, 2.05) is 32.0 Å². The monoisotopic (exact) mass is 488 g/mol. The molecule has 1 N–H and O–H groups in total. The third-order valence-corrected chi connectivity index (χ3v) is 7.83. The number of benzene rings is 1.